The van der Waals surface area contributed by atoms with Crippen LogP contribution < -0.4 is 5.32 Å². The van der Waals surface area contributed by atoms with E-state index in [0.717, 1.165) is 5.56 Å². The van der Waals surface area contributed by atoms with Gasteiger partial charge in [-0.15, -0.1) is 5.10 Å². The second-order valence-corrected chi connectivity index (χ2v) is 5.70. The van der Waals surface area contributed by atoms with Gasteiger partial charge in [0.2, 0.25) is 0 Å². The lowest BCUT2D eigenvalue weighted by molar-refractivity contribution is 0.960. The van der Waals surface area contributed by atoms with Crippen molar-refractivity contribution in [1.29, 1.82) is 5.26 Å². The predicted octanol–water partition coefficient (Wildman–Crippen LogP) is 4.78. The van der Waals surface area contributed by atoms with Crippen LogP contribution in [0.5, 0.6) is 0 Å². The number of benzene rings is 1. The average Bonchev–Trinajstić information content (AvgIpc) is 2.44. The molecule has 1 N–H and O–H groups in total. The molecule has 2 aromatic rings. The van der Waals surface area contributed by atoms with E-state index in [1.165, 1.54) is 0 Å². The smallest absolute Gasteiger partial charge is 0.171 e. The van der Waals surface area contributed by atoms with Crippen molar-refractivity contribution in [3.63, 3.8) is 0 Å². The number of aryl methyl sites for hydroxylation is 1. The summed E-state index contributed by atoms with van der Waals surface area (Å²) in [5.74, 6) is 0.357. The summed E-state index contributed by atoms with van der Waals surface area (Å²) in [4.78, 5) is 0. The zero-order valence-electron chi connectivity index (χ0n) is 10.6. The van der Waals surface area contributed by atoms with Crippen LogP contribution in [0.3, 0.4) is 0 Å². The minimum Gasteiger partial charge on any atom is -0.336 e. The van der Waals surface area contributed by atoms with E-state index in [0.29, 0.717) is 37.3 Å². The fraction of sp³-hybridized carbons (Fsp3) is 0.154. The average molecular weight is 372 g/mol. The first-order chi connectivity index (χ1) is 9.45. The van der Waals surface area contributed by atoms with E-state index >= 15 is 0 Å². The third-order valence-corrected chi connectivity index (χ3v) is 4.63. The Kier molecular flexibility index (Phi) is 4.48. The standard InChI is InChI=1S/C13H9BrCl2N4/c1-6-7(2)19-20-13(8(6)5-17)18-10-4-3-9(14)11(15)12(10)16/h3-4H,1-2H3,(H,18,20). The van der Waals surface area contributed by atoms with Crippen LogP contribution in [0, 0.1) is 25.2 Å². The van der Waals surface area contributed by atoms with Crippen LogP contribution in [0.2, 0.25) is 10.0 Å². The van der Waals surface area contributed by atoms with E-state index in [2.05, 4.69) is 37.5 Å². The van der Waals surface area contributed by atoms with Gasteiger partial charge in [-0.25, -0.2) is 0 Å². The molecule has 0 saturated carbocycles. The van der Waals surface area contributed by atoms with Crippen molar-refractivity contribution in [3.8, 4) is 6.07 Å². The lowest BCUT2D eigenvalue weighted by Crippen LogP contribution is -2.04. The van der Waals surface area contributed by atoms with Gasteiger partial charge in [0.1, 0.15) is 11.6 Å². The highest BCUT2D eigenvalue weighted by molar-refractivity contribution is 9.10. The fourth-order valence-electron chi connectivity index (χ4n) is 1.58. The van der Waals surface area contributed by atoms with Crippen molar-refractivity contribution in [2.45, 2.75) is 13.8 Å². The molecule has 2 rings (SSSR count). The Morgan fingerprint density at radius 3 is 2.55 bits per heavy atom. The molecule has 20 heavy (non-hydrogen) atoms. The van der Waals surface area contributed by atoms with E-state index in [1.807, 2.05) is 6.92 Å². The second kappa shape index (κ2) is 5.96. The topological polar surface area (TPSA) is 61.6 Å². The summed E-state index contributed by atoms with van der Waals surface area (Å²) in [6, 6.07) is 5.63. The molecule has 0 radical (unpaired) electrons. The van der Waals surface area contributed by atoms with Gasteiger partial charge >= 0.3 is 0 Å². The number of anilines is 2. The molecule has 1 heterocycles. The molecule has 0 aliphatic heterocycles. The van der Waals surface area contributed by atoms with E-state index < -0.39 is 0 Å². The Labute approximate surface area is 134 Å². The molecule has 0 saturated heterocycles. The third kappa shape index (κ3) is 2.73. The van der Waals surface area contributed by atoms with Gasteiger partial charge in [-0.05, 0) is 47.5 Å². The highest BCUT2D eigenvalue weighted by Gasteiger charge is 2.14. The number of aromatic nitrogens is 2. The maximum absolute atomic E-state index is 9.25. The highest BCUT2D eigenvalue weighted by atomic mass is 79.9. The van der Waals surface area contributed by atoms with Gasteiger partial charge in [0.25, 0.3) is 0 Å². The van der Waals surface area contributed by atoms with Crippen LogP contribution >= 0.6 is 39.1 Å². The van der Waals surface area contributed by atoms with Crippen molar-refractivity contribution in [2.75, 3.05) is 5.32 Å². The van der Waals surface area contributed by atoms with Crippen LogP contribution in [0.15, 0.2) is 16.6 Å². The van der Waals surface area contributed by atoms with Crippen molar-refractivity contribution in [1.82, 2.24) is 10.2 Å². The molecule has 4 nitrogen and oxygen atoms in total. The lowest BCUT2D eigenvalue weighted by atomic mass is 10.1. The monoisotopic (exact) mass is 370 g/mol. The first kappa shape index (κ1) is 15.0. The van der Waals surface area contributed by atoms with Gasteiger partial charge < -0.3 is 5.32 Å². The van der Waals surface area contributed by atoms with E-state index in [1.54, 1.807) is 19.1 Å². The Balaban J connectivity index is 2.49. The minimum absolute atomic E-state index is 0.352. The van der Waals surface area contributed by atoms with Crippen LogP contribution in [-0.2, 0) is 0 Å². The summed E-state index contributed by atoms with van der Waals surface area (Å²) in [5, 5.41) is 21.0. The fourth-order valence-corrected chi connectivity index (χ4v) is 2.40. The quantitative estimate of drug-likeness (QED) is 0.771. The highest BCUT2D eigenvalue weighted by Crippen LogP contribution is 2.37. The van der Waals surface area contributed by atoms with Crippen LogP contribution in [0.1, 0.15) is 16.8 Å². The largest absolute Gasteiger partial charge is 0.336 e. The number of nitrogens with zero attached hydrogens (tertiary/aromatic N) is 3. The van der Waals surface area contributed by atoms with Crippen LogP contribution in [0.25, 0.3) is 0 Å². The number of nitrogens with one attached hydrogen (secondary N) is 1. The summed E-state index contributed by atoms with van der Waals surface area (Å²) in [6.07, 6.45) is 0. The normalized spacial score (nSPS) is 10.2. The molecule has 102 valence electrons. The second-order valence-electron chi connectivity index (χ2n) is 4.09. The molecule has 0 spiro atoms. The SMILES string of the molecule is Cc1nnc(Nc2ccc(Br)c(Cl)c2Cl)c(C#N)c1C. The molecular weight excluding hydrogens is 363 g/mol. The summed E-state index contributed by atoms with van der Waals surface area (Å²) in [7, 11) is 0. The van der Waals surface area contributed by atoms with Gasteiger partial charge in [0.15, 0.2) is 5.82 Å². The zero-order chi connectivity index (χ0) is 14.9. The van der Waals surface area contributed by atoms with Gasteiger partial charge in [0, 0.05) is 4.47 Å². The summed E-state index contributed by atoms with van der Waals surface area (Å²) in [5.41, 5.74) is 2.50. The first-order valence-electron chi connectivity index (χ1n) is 5.60. The third-order valence-electron chi connectivity index (χ3n) is 2.85. The van der Waals surface area contributed by atoms with Gasteiger partial charge in [-0.1, -0.05) is 23.2 Å². The van der Waals surface area contributed by atoms with Gasteiger partial charge in [-0.3, -0.25) is 0 Å². The molecule has 0 aliphatic rings. The van der Waals surface area contributed by atoms with Crippen molar-refractivity contribution in [2.24, 2.45) is 0 Å². The van der Waals surface area contributed by atoms with E-state index in [4.69, 9.17) is 23.2 Å². The molecule has 0 amide bonds. The molecule has 0 unspecified atom stereocenters. The molecule has 7 heteroatoms. The van der Waals surface area contributed by atoms with Crippen molar-refractivity contribution < 1.29 is 0 Å². The number of halogens is 3. The van der Waals surface area contributed by atoms with Gasteiger partial charge in [0.05, 0.1) is 21.4 Å². The molecule has 0 aliphatic carbocycles. The number of rotatable bonds is 2. The predicted molar refractivity (Wildman–Crippen MR) is 83.7 cm³/mol. The molecular formula is C13H9BrCl2N4. The Hall–Kier alpha value is -1.35. The van der Waals surface area contributed by atoms with Crippen molar-refractivity contribution in [3.05, 3.63) is 43.5 Å². The molecule has 0 bridgehead atoms. The summed E-state index contributed by atoms with van der Waals surface area (Å²) < 4.78 is 0.696. The zero-order valence-corrected chi connectivity index (χ0v) is 13.7. The summed E-state index contributed by atoms with van der Waals surface area (Å²) in [6.45, 7) is 3.63. The minimum atomic E-state index is 0.352. The molecule has 0 atom stereocenters. The molecule has 1 aromatic heterocycles. The Bertz CT molecular complexity index is 725. The number of hydrogen-bond acceptors (Lipinski definition) is 4. The van der Waals surface area contributed by atoms with Crippen LogP contribution in [0.4, 0.5) is 11.5 Å². The molecule has 1 aromatic carbocycles. The Morgan fingerprint density at radius 2 is 1.90 bits per heavy atom. The maximum atomic E-state index is 9.25. The summed E-state index contributed by atoms with van der Waals surface area (Å²) >= 11 is 15.5. The maximum Gasteiger partial charge on any atom is 0.171 e. The van der Waals surface area contributed by atoms with E-state index in [9.17, 15) is 5.26 Å². The Morgan fingerprint density at radius 1 is 1.20 bits per heavy atom. The van der Waals surface area contributed by atoms with Crippen LogP contribution in [-0.4, -0.2) is 10.2 Å². The van der Waals surface area contributed by atoms with Gasteiger partial charge in [-0.2, -0.15) is 10.4 Å². The lowest BCUT2D eigenvalue weighted by Gasteiger charge is -2.12. The number of nitriles is 1. The molecule has 0 fully saturated rings. The number of hydrogen-bond donors (Lipinski definition) is 1. The first-order valence-corrected chi connectivity index (χ1v) is 7.15. The van der Waals surface area contributed by atoms with E-state index in [-0.39, 0.29) is 0 Å². The van der Waals surface area contributed by atoms with Crippen molar-refractivity contribution >= 4 is 50.6 Å².